The van der Waals surface area contributed by atoms with Gasteiger partial charge in [0.25, 0.3) is 0 Å². The Morgan fingerprint density at radius 1 is 1.60 bits per heavy atom. The van der Waals surface area contributed by atoms with Crippen LogP contribution in [0.25, 0.3) is 0 Å². The monoisotopic (exact) mass is 142 g/mol. The van der Waals surface area contributed by atoms with Gasteiger partial charge in [-0.25, -0.2) is 0 Å². The van der Waals surface area contributed by atoms with E-state index in [1.54, 1.807) is 0 Å². The molecule has 1 rings (SSSR count). The van der Waals surface area contributed by atoms with E-state index in [1.165, 1.54) is 19.4 Å². The Kier molecular flexibility index (Phi) is 2.69. The summed E-state index contributed by atoms with van der Waals surface area (Å²) in [5.41, 5.74) is 5.59. The Balaban J connectivity index is 2.36. The minimum Gasteiger partial charge on any atom is -0.330 e. The molecule has 1 fully saturated rings. The van der Waals surface area contributed by atoms with Crippen molar-refractivity contribution in [1.82, 2.24) is 4.90 Å². The highest BCUT2D eigenvalue weighted by molar-refractivity contribution is 4.82. The molecule has 0 aromatic heterocycles. The summed E-state index contributed by atoms with van der Waals surface area (Å²) in [6, 6.07) is 0.800. The fraction of sp³-hybridized carbons (Fsp3) is 1.00. The van der Waals surface area contributed by atoms with Crippen LogP contribution in [0.3, 0.4) is 0 Å². The molecule has 2 N–H and O–H groups in total. The number of hydrogen-bond acceptors (Lipinski definition) is 2. The third kappa shape index (κ3) is 1.50. The number of nitrogens with two attached hydrogens (primary N) is 1. The van der Waals surface area contributed by atoms with E-state index in [9.17, 15) is 0 Å². The summed E-state index contributed by atoms with van der Waals surface area (Å²) in [6.07, 6.45) is 2.58. The van der Waals surface area contributed by atoms with Gasteiger partial charge in [0.15, 0.2) is 0 Å². The van der Waals surface area contributed by atoms with Crippen molar-refractivity contribution < 1.29 is 0 Å². The first-order valence-corrected chi connectivity index (χ1v) is 4.18. The highest BCUT2D eigenvalue weighted by Crippen LogP contribution is 2.22. The highest BCUT2D eigenvalue weighted by Gasteiger charge is 2.26. The molecule has 10 heavy (non-hydrogen) atoms. The molecule has 0 aliphatic carbocycles. The van der Waals surface area contributed by atoms with Gasteiger partial charge in [0, 0.05) is 12.6 Å². The van der Waals surface area contributed by atoms with E-state index in [4.69, 9.17) is 5.73 Å². The van der Waals surface area contributed by atoms with Gasteiger partial charge in [0.2, 0.25) is 0 Å². The van der Waals surface area contributed by atoms with E-state index in [0.29, 0.717) is 0 Å². The van der Waals surface area contributed by atoms with Gasteiger partial charge in [-0.3, -0.25) is 0 Å². The van der Waals surface area contributed by atoms with E-state index >= 15 is 0 Å². The Labute approximate surface area is 63.4 Å². The van der Waals surface area contributed by atoms with Crippen LogP contribution >= 0.6 is 0 Å². The Bertz CT molecular complexity index is 103. The number of rotatable bonds is 2. The van der Waals surface area contributed by atoms with Crippen LogP contribution in [0.2, 0.25) is 0 Å². The van der Waals surface area contributed by atoms with Gasteiger partial charge in [0.05, 0.1) is 0 Å². The summed E-state index contributed by atoms with van der Waals surface area (Å²) in [7, 11) is 2.20. The molecule has 0 saturated carbocycles. The van der Waals surface area contributed by atoms with Crippen LogP contribution in [0, 0.1) is 5.92 Å². The van der Waals surface area contributed by atoms with E-state index in [0.717, 1.165) is 18.5 Å². The molecule has 60 valence electrons. The van der Waals surface area contributed by atoms with Gasteiger partial charge in [-0.1, -0.05) is 6.92 Å². The number of hydrogen-bond donors (Lipinski definition) is 1. The third-order valence-corrected chi connectivity index (χ3v) is 2.58. The predicted octanol–water partition coefficient (Wildman–Crippen LogP) is 0.675. The Hall–Kier alpha value is -0.0800. The molecule has 1 saturated heterocycles. The van der Waals surface area contributed by atoms with E-state index < -0.39 is 0 Å². The van der Waals surface area contributed by atoms with Gasteiger partial charge < -0.3 is 10.6 Å². The number of likely N-dealkylation sites (tertiary alicyclic amines) is 1. The second-order valence-electron chi connectivity index (χ2n) is 3.34. The molecule has 0 radical (unpaired) electrons. The van der Waals surface area contributed by atoms with E-state index in [1.807, 2.05) is 0 Å². The molecule has 0 aromatic rings. The molecule has 2 heteroatoms. The van der Waals surface area contributed by atoms with Crippen LogP contribution < -0.4 is 5.73 Å². The fourth-order valence-corrected chi connectivity index (χ4v) is 1.84. The van der Waals surface area contributed by atoms with Gasteiger partial charge >= 0.3 is 0 Å². The molecule has 0 spiro atoms. The molecule has 1 aliphatic heterocycles. The zero-order chi connectivity index (χ0) is 7.56. The molecule has 0 amide bonds. The second kappa shape index (κ2) is 3.35. The third-order valence-electron chi connectivity index (χ3n) is 2.58. The van der Waals surface area contributed by atoms with E-state index in [2.05, 4.69) is 18.9 Å². The van der Waals surface area contributed by atoms with Crippen LogP contribution in [-0.4, -0.2) is 31.1 Å². The first kappa shape index (κ1) is 8.02. The second-order valence-corrected chi connectivity index (χ2v) is 3.34. The molecule has 0 bridgehead atoms. The normalized spacial score (nSPS) is 35.1. The topological polar surface area (TPSA) is 29.3 Å². The average molecular weight is 142 g/mol. The quantitative estimate of drug-likeness (QED) is 0.614. The SMILES string of the molecule is CC[C@@H]1C[C@@H](CN)CN1C. The van der Waals surface area contributed by atoms with Crippen LogP contribution in [-0.2, 0) is 0 Å². The zero-order valence-corrected chi connectivity index (χ0v) is 7.01. The standard InChI is InChI=1S/C8H18N2/c1-3-8-4-7(5-9)6-10(8)2/h7-8H,3-6,9H2,1-2H3/t7-,8+/m0/s1. The first-order chi connectivity index (χ1) is 4.77. The first-order valence-electron chi connectivity index (χ1n) is 4.18. The molecular weight excluding hydrogens is 124 g/mol. The molecule has 0 unspecified atom stereocenters. The summed E-state index contributed by atoms with van der Waals surface area (Å²) < 4.78 is 0. The highest BCUT2D eigenvalue weighted by atomic mass is 15.2. The van der Waals surface area contributed by atoms with Crippen molar-refractivity contribution in [2.75, 3.05) is 20.1 Å². The Morgan fingerprint density at radius 2 is 2.30 bits per heavy atom. The summed E-state index contributed by atoms with van der Waals surface area (Å²) in [5, 5.41) is 0. The van der Waals surface area contributed by atoms with Crippen molar-refractivity contribution in [3.8, 4) is 0 Å². The van der Waals surface area contributed by atoms with Gasteiger partial charge in [-0.05, 0) is 32.4 Å². The lowest BCUT2D eigenvalue weighted by Crippen LogP contribution is -2.24. The minimum atomic E-state index is 0.759. The van der Waals surface area contributed by atoms with Crippen LogP contribution in [0.5, 0.6) is 0 Å². The lowest BCUT2D eigenvalue weighted by molar-refractivity contribution is 0.301. The average Bonchev–Trinajstić information content (AvgIpc) is 2.30. The van der Waals surface area contributed by atoms with Gasteiger partial charge in [-0.2, -0.15) is 0 Å². The molecular formula is C8H18N2. The lowest BCUT2D eigenvalue weighted by Gasteiger charge is -2.16. The van der Waals surface area contributed by atoms with Crippen LogP contribution in [0.1, 0.15) is 19.8 Å². The van der Waals surface area contributed by atoms with Crippen LogP contribution in [0.15, 0.2) is 0 Å². The maximum atomic E-state index is 5.59. The zero-order valence-electron chi connectivity index (χ0n) is 7.01. The lowest BCUT2D eigenvalue weighted by atomic mass is 10.1. The summed E-state index contributed by atoms with van der Waals surface area (Å²) in [4.78, 5) is 2.43. The van der Waals surface area contributed by atoms with Crippen LogP contribution in [0.4, 0.5) is 0 Å². The fourth-order valence-electron chi connectivity index (χ4n) is 1.84. The molecule has 1 aliphatic rings. The Morgan fingerprint density at radius 3 is 2.60 bits per heavy atom. The largest absolute Gasteiger partial charge is 0.330 e. The minimum absolute atomic E-state index is 0.759. The molecule has 1 heterocycles. The van der Waals surface area contributed by atoms with E-state index in [-0.39, 0.29) is 0 Å². The van der Waals surface area contributed by atoms with Crippen molar-refractivity contribution >= 4 is 0 Å². The van der Waals surface area contributed by atoms with Gasteiger partial charge in [-0.15, -0.1) is 0 Å². The smallest absolute Gasteiger partial charge is 0.00933 e. The maximum absolute atomic E-state index is 5.59. The molecule has 2 nitrogen and oxygen atoms in total. The van der Waals surface area contributed by atoms with Crippen molar-refractivity contribution in [3.05, 3.63) is 0 Å². The van der Waals surface area contributed by atoms with Crippen molar-refractivity contribution in [2.45, 2.75) is 25.8 Å². The predicted molar refractivity (Wildman–Crippen MR) is 43.9 cm³/mol. The summed E-state index contributed by atoms with van der Waals surface area (Å²) >= 11 is 0. The van der Waals surface area contributed by atoms with Crippen molar-refractivity contribution in [1.29, 1.82) is 0 Å². The van der Waals surface area contributed by atoms with Gasteiger partial charge in [0.1, 0.15) is 0 Å². The van der Waals surface area contributed by atoms with Crippen molar-refractivity contribution in [3.63, 3.8) is 0 Å². The molecule has 2 atom stereocenters. The molecule has 0 aromatic carbocycles. The maximum Gasteiger partial charge on any atom is 0.00933 e. The van der Waals surface area contributed by atoms with Crippen molar-refractivity contribution in [2.24, 2.45) is 11.7 Å². The number of nitrogens with zero attached hydrogens (tertiary/aromatic N) is 1. The summed E-state index contributed by atoms with van der Waals surface area (Å²) in [6.45, 7) is 4.32. The summed E-state index contributed by atoms with van der Waals surface area (Å²) in [5.74, 6) is 0.759.